The lowest BCUT2D eigenvalue weighted by Gasteiger charge is -2.25. The van der Waals surface area contributed by atoms with Crippen molar-refractivity contribution in [2.24, 2.45) is 0 Å². The fourth-order valence-corrected chi connectivity index (χ4v) is 7.06. The number of aromatic nitrogens is 1. The van der Waals surface area contributed by atoms with Crippen molar-refractivity contribution < 1.29 is 19.1 Å². The number of hydrogen-bond donors (Lipinski definition) is 1. The predicted octanol–water partition coefficient (Wildman–Crippen LogP) is 6.63. The number of methoxy groups -OCH3 is 1. The fraction of sp³-hybridized carbons (Fsp3) is 0.133. The number of hydrogen-bond acceptors (Lipinski definition) is 7. The number of carbonyl (C=O) groups excluding carboxylic acids is 3. The Hall–Kier alpha value is -4.34. The molecule has 0 saturated carbocycles. The molecule has 2 amide bonds. The van der Waals surface area contributed by atoms with Crippen LogP contribution in [-0.2, 0) is 17.7 Å². The molecule has 0 fully saturated rings. The first-order valence-corrected chi connectivity index (χ1v) is 14.0. The number of fused-ring (bicyclic) bond motifs is 2. The predicted molar refractivity (Wildman–Crippen MR) is 154 cm³/mol. The zero-order valence-electron chi connectivity index (χ0n) is 21.0. The normalized spacial score (nSPS) is 12.7. The van der Waals surface area contributed by atoms with Crippen LogP contribution < -0.4 is 5.32 Å². The molecular weight excluding hydrogens is 530 g/mol. The number of thiazole rings is 1. The Labute approximate surface area is 232 Å². The maximum atomic E-state index is 13.4. The van der Waals surface area contributed by atoms with E-state index in [-0.39, 0.29) is 17.8 Å². The zero-order valence-corrected chi connectivity index (χ0v) is 22.6. The molecule has 1 aliphatic rings. The number of ether oxygens (including phenoxy) is 1. The van der Waals surface area contributed by atoms with Crippen LogP contribution in [0.5, 0.6) is 0 Å². The Bertz CT molecular complexity index is 1670. The van der Waals surface area contributed by atoms with E-state index < -0.39 is 0 Å². The van der Waals surface area contributed by atoms with Gasteiger partial charge in [-0.2, -0.15) is 0 Å². The standard InChI is InChI=1S/C30H23N3O4S2/c1-37-30(36)33-16-15-21-24(17-33)39-29(25(21)28-31-22-9-5-6-10-23(22)38-28)32-27(35)20-13-11-19(12-14-20)26(34)18-7-3-2-4-8-18/h2-14H,15-17H2,1H3,(H,32,35). The van der Waals surface area contributed by atoms with Crippen molar-refractivity contribution in [1.29, 1.82) is 0 Å². The van der Waals surface area contributed by atoms with Gasteiger partial charge in [0.1, 0.15) is 10.0 Å². The number of nitrogens with zero attached hydrogens (tertiary/aromatic N) is 2. The van der Waals surface area contributed by atoms with Crippen LogP contribution in [0.2, 0.25) is 0 Å². The van der Waals surface area contributed by atoms with E-state index in [1.54, 1.807) is 52.6 Å². The minimum Gasteiger partial charge on any atom is -0.453 e. The molecule has 0 radical (unpaired) electrons. The monoisotopic (exact) mass is 553 g/mol. The molecule has 5 aromatic rings. The Morgan fingerprint density at radius 2 is 1.56 bits per heavy atom. The van der Waals surface area contributed by atoms with Crippen LogP contribution in [0.25, 0.3) is 20.8 Å². The van der Waals surface area contributed by atoms with Crippen molar-refractivity contribution in [2.75, 3.05) is 19.0 Å². The molecule has 39 heavy (non-hydrogen) atoms. The van der Waals surface area contributed by atoms with Gasteiger partial charge < -0.3 is 15.0 Å². The molecule has 3 aromatic carbocycles. The molecule has 194 valence electrons. The summed E-state index contributed by atoms with van der Waals surface area (Å²) in [6, 6.07) is 23.7. The quantitative estimate of drug-likeness (QED) is 0.247. The Balaban J connectivity index is 1.32. The van der Waals surface area contributed by atoms with Crippen molar-refractivity contribution >= 4 is 55.7 Å². The van der Waals surface area contributed by atoms with E-state index in [0.29, 0.717) is 41.2 Å². The van der Waals surface area contributed by atoms with E-state index in [1.165, 1.54) is 18.4 Å². The van der Waals surface area contributed by atoms with Crippen LogP contribution in [0, 0.1) is 0 Å². The Morgan fingerprint density at radius 3 is 2.31 bits per heavy atom. The summed E-state index contributed by atoms with van der Waals surface area (Å²) in [4.78, 5) is 45.8. The first-order chi connectivity index (χ1) is 19.0. The molecule has 7 nitrogen and oxygen atoms in total. The maximum absolute atomic E-state index is 13.4. The van der Waals surface area contributed by atoms with Crippen molar-refractivity contribution in [3.05, 3.63) is 106 Å². The van der Waals surface area contributed by atoms with E-state index in [9.17, 15) is 14.4 Å². The van der Waals surface area contributed by atoms with Gasteiger partial charge in [0.2, 0.25) is 0 Å². The highest BCUT2D eigenvalue weighted by Crippen LogP contribution is 2.45. The molecule has 3 heterocycles. The average Bonchev–Trinajstić information content (AvgIpc) is 3.57. The number of anilines is 1. The summed E-state index contributed by atoms with van der Waals surface area (Å²) in [6.45, 7) is 0.940. The second-order valence-corrected chi connectivity index (χ2v) is 11.2. The van der Waals surface area contributed by atoms with Crippen LogP contribution in [0.1, 0.15) is 36.7 Å². The molecule has 2 aromatic heterocycles. The summed E-state index contributed by atoms with van der Waals surface area (Å²) in [6.07, 6.45) is 0.268. The van der Waals surface area contributed by atoms with E-state index in [4.69, 9.17) is 9.72 Å². The molecule has 6 rings (SSSR count). The minimum atomic E-state index is -0.369. The van der Waals surface area contributed by atoms with Gasteiger partial charge in [-0.05, 0) is 36.2 Å². The largest absolute Gasteiger partial charge is 0.453 e. The molecule has 0 spiro atoms. The van der Waals surface area contributed by atoms with Crippen molar-refractivity contribution in [1.82, 2.24) is 9.88 Å². The third-order valence-electron chi connectivity index (χ3n) is 6.67. The van der Waals surface area contributed by atoms with Gasteiger partial charge >= 0.3 is 6.09 Å². The van der Waals surface area contributed by atoms with Crippen LogP contribution >= 0.6 is 22.7 Å². The van der Waals surface area contributed by atoms with Gasteiger partial charge in [-0.3, -0.25) is 9.59 Å². The van der Waals surface area contributed by atoms with E-state index in [2.05, 4.69) is 5.32 Å². The summed E-state index contributed by atoms with van der Waals surface area (Å²) < 4.78 is 6.00. The number of carbonyl (C=O) groups is 3. The van der Waals surface area contributed by atoms with Gasteiger partial charge in [-0.25, -0.2) is 9.78 Å². The van der Waals surface area contributed by atoms with Gasteiger partial charge in [0.05, 0.1) is 23.9 Å². The lowest BCUT2D eigenvalue weighted by molar-refractivity contribution is 0.102. The molecule has 0 aliphatic carbocycles. The number of amides is 2. The second kappa shape index (κ2) is 10.4. The third-order valence-corrected chi connectivity index (χ3v) is 8.86. The molecular formula is C30H23N3O4S2. The molecule has 0 bridgehead atoms. The highest BCUT2D eigenvalue weighted by molar-refractivity contribution is 7.23. The highest BCUT2D eigenvalue weighted by Gasteiger charge is 2.30. The first kappa shape index (κ1) is 25.0. The lowest BCUT2D eigenvalue weighted by atomic mass is 10.0. The first-order valence-electron chi connectivity index (χ1n) is 12.4. The van der Waals surface area contributed by atoms with Crippen LogP contribution in [-0.4, -0.2) is 41.3 Å². The molecule has 0 atom stereocenters. The minimum absolute atomic E-state index is 0.0956. The van der Waals surface area contributed by atoms with Crippen molar-refractivity contribution in [3.8, 4) is 10.6 Å². The smallest absolute Gasteiger partial charge is 0.409 e. The number of nitrogens with one attached hydrogen (secondary N) is 1. The highest BCUT2D eigenvalue weighted by atomic mass is 32.1. The van der Waals surface area contributed by atoms with Crippen LogP contribution in [0.4, 0.5) is 9.80 Å². The summed E-state index contributed by atoms with van der Waals surface area (Å²) >= 11 is 3.04. The lowest BCUT2D eigenvalue weighted by Crippen LogP contribution is -2.35. The third kappa shape index (κ3) is 4.82. The van der Waals surface area contributed by atoms with Crippen molar-refractivity contribution in [2.45, 2.75) is 13.0 Å². The molecule has 1 aliphatic heterocycles. The Kier molecular flexibility index (Phi) is 6.68. The van der Waals surface area contributed by atoms with E-state index in [0.717, 1.165) is 31.2 Å². The Morgan fingerprint density at radius 1 is 0.872 bits per heavy atom. The zero-order chi connectivity index (χ0) is 26.9. The fourth-order valence-electron chi connectivity index (χ4n) is 4.69. The number of thiophene rings is 1. The number of benzene rings is 3. The topological polar surface area (TPSA) is 88.6 Å². The van der Waals surface area contributed by atoms with Gasteiger partial charge in [0.25, 0.3) is 5.91 Å². The van der Waals surface area contributed by atoms with E-state index in [1.807, 2.05) is 42.5 Å². The van der Waals surface area contributed by atoms with Gasteiger partial charge in [0.15, 0.2) is 5.78 Å². The van der Waals surface area contributed by atoms with Gasteiger partial charge in [-0.15, -0.1) is 22.7 Å². The SMILES string of the molecule is COC(=O)N1CCc2c(sc(NC(=O)c3ccc(C(=O)c4ccccc4)cc3)c2-c2nc3ccccc3s2)C1. The summed E-state index contributed by atoms with van der Waals surface area (Å²) in [5.41, 5.74) is 4.46. The van der Waals surface area contributed by atoms with Gasteiger partial charge in [-0.1, -0.05) is 54.6 Å². The molecule has 0 unspecified atom stereocenters. The summed E-state index contributed by atoms with van der Waals surface area (Å²) in [7, 11) is 1.38. The molecule has 9 heteroatoms. The molecule has 0 saturated heterocycles. The summed E-state index contributed by atoms with van der Waals surface area (Å²) in [5, 5.41) is 4.62. The van der Waals surface area contributed by atoms with E-state index >= 15 is 0 Å². The number of rotatable bonds is 5. The second-order valence-electron chi connectivity index (χ2n) is 9.06. The average molecular weight is 554 g/mol. The molecule has 1 N–H and O–H groups in total. The van der Waals surface area contributed by atoms with Crippen molar-refractivity contribution in [3.63, 3.8) is 0 Å². The van der Waals surface area contributed by atoms with Crippen LogP contribution in [0.3, 0.4) is 0 Å². The number of para-hydroxylation sites is 1. The van der Waals surface area contributed by atoms with Gasteiger partial charge in [0, 0.05) is 33.7 Å². The van der Waals surface area contributed by atoms with Crippen LogP contribution in [0.15, 0.2) is 78.9 Å². The number of ketones is 1. The maximum Gasteiger partial charge on any atom is 0.409 e. The summed E-state index contributed by atoms with van der Waals surface area (Å²) in [5.74, 6) is -0.374.